The molecule has 0 radical (unpaired) electrons. The molecule has 0 fully saturated rings. The van der Waals surface area contributed by atoms with E-state index in [0.29, 0.717) is 13.0 Å². The van der Waals surface area contributed by atoms with Crippen LogP contribution in [0.4, 0.5) is 4.39 Å². The molecule has 3 nitrogen and oxygen atoms in total. The van der Waals surface area contributed by atoms with Crippen LogP contribution in [-0.4, -0.2) is 25.7 Å². The minimum atomic E-state index is -0.451. The minimum absolute atomic E-state index is 0.154. The van der Waals surface area contributed by atoms with Gasteiger partial charge in [-0.05, 0) is 31.0 Å². The van der Waals surface area contributed by atoms with Crippen LogP contribution in [0.1, 0.15) is 12.5 Å². The van der Waals surface area contributed by atoms with Crippen molar-refractivity contribution in [3.8, 4) is 0 Å². The van der Waals surface area contributed by atoms with Gasteiger partial charge in [-0.15, -0.1) is 0 Å². The molecule has 0 saturated heterocycles. The lowest BCUT2D eigenvalue weighted by atomic mass is 10.1. The Hall–Kier alpha value is -1.42. The Morgan fingerprint density at radius 1 is 1.56 bits per heavy atom. The average molecular weight is 225 g/mol. The van der Waals surface area contributed by atoms with Crippen molar-refractivity contribution < 1.29 is 13.9 Å². The van der Waals surface area contributed by atoms with Gasteiger partial charge in [-0.1, -0.05) is 12.1 Å². The van der Waals surface area contributed by atoms with Crippen molar-refractivity contribution in [2.24, 2.45) is 0 Å². The topological polar surface area (TPSA) is 38.3 Å². The molecule has 0 aliphatic rings. The second kappa shape index (κ2) is 6.23. The Balaban J connectivity index is 2.33. The van der Waals surface area contributed by atoms with Crippen LogP contribution in [0.15, 0.2) is 24.3 Å². The first-order chi connectivity index (χ1) is 7.63. The highest BCUT2D eigenvalue weighted by molar-refractivity contribution is 5.80. The van der Waals surface area contributed by atoms with E-state index in [9.17, 15) is 9.18 Å². The number of amides is 1. The maximum Gasteiger partial charge on any atom is 0.248 e. The molecule has 88 valence electrons. The van der Waals surface area contributed by atoms with E-state index >= 15 is 0 Å². The van der Waals surface area contributed by atoms with Gasteiger partial charge < -0.3 is 10.1 Å². The molecule has 1 N–H and O–H groups in total. The molecule has 1 unspecified atom stereocenters. The number of hydrogen-bond donors (Lipinski definition) is 1. The van der Waals surface area contributed by atoms with Crippen LogP contribution in [-0.2, 0) is 16.0 Å². The number of ether oxygens (including phenoxy) is 1. The molecule has 0 heterocycles. The maximum absolute atomic E-state index is 12.8. The van der Waals surface area contributed by atoms with Gasteiger partial charge in [0.25, 0.3) is 0 Å². The highest BCUT2D eigenvalue weighted by atomic mass is 19.1. The first-order valence-electron chi connectivity index (χ1n) is 5.18. The Bertz CT molecular complexity index is 355. The van der Waals surface area contributed by atoms with Crippen LogP contribution in [0.5, 0.6) is 0 Å². The molecule has 0 aliphatic carbocycles. The van der Waals surface area contributed by atoms with Crippen LogP contribution in [0, 0.1) is 5.82 Å². The van der Waals surface area contributed by atoms with Gasteiger partial charge in [0.05, 0.1) is 0 Å². The van der Waals surface area contributed by atoms with Crippen LogP contribution in [0.3, 0.4) is 0 Å². The molecule has 16 heavy (non-hydrogen) atoms. The number of carbonyl (C=O) groups is 1. The molecule has 0 aromatic heterocycles. The summed E-state index contributed by atoms with van der Waals surface area (Å²) in [6.45, 7) is 2.16. The van der Waals surface area contributed by atoms with Crippen molar-refractivity contribution >= 4 is 5.91 Å². The summed E-state index contributed by atoms with van der Waals surface area (Å²) < 4.78 is 17.7. The first kappa shape index (κ1) is 12.6. The summed E-state index contributed by atoms with van der Waals surface area (Å²) in [4.78, 5) is 11.3. The molecular formula is C12H16FNO2. The SMILES string of the molecule is COC(C)C(=O)NCCc1cccc(F)c1. The predicted molar refractivity (Wildman–Crippen MR) is 59.6 cm³/mol. The summed E-state index contributed by atoms with van der Waals surface area (Å²) in [5.74, 6) is -0.409. The summed E-state index contributed by atoms with van der Waals surface area (Å²) in [7, 11) is 1.48. The van der Waals surface area contributed by atoms with Crippen molar-refractivity contribution in [3.63, 3.8) is 0 Å². The van der Waals surface area contributed by atoms with E-state index in [2.05, 4.69) is 5.32 Å². The quantitative estimate of drug-likeness (QED) is 0.825. The Labute approximate surface area is 94.6 Å². The van der Waals surface area contributed by atoms with Crippen LogP contribution < -0.4 is 5.32 Å². The third-order valence-electron chi connectivity index (χ3n) is 2.32. The summed E-state index contributed by atoms with van der Waals surface area (Å²) in [5.41, 5.74) is 0.866. The van der Waals surface area contributed by atoms with Crippen LogP contribution in [0.25, 0.3) is 0 Å². The number of methoxy groups -OCH3 is 1. The van der Waals surface area contributed by atoms with Gasteiger partial charge in [0.2, 0.25) is 5.91 Å². The number of nitrogens with one attached hydrogen (secondary N) is 1. The number of hydrogen-bond acceptors (Lipinski definition) is 2. The second-order valence-electron chi connectivity index (χ2n) is 3.55. The fourth-order valence-electron chi connectivity index (χ4n) is 1.27. The Kier molecular flexibility index (Phi) is 4.92. The van der Waals surface area contributed by atoms with Crippen LogP contribution in [0.2, 0.25) is 0 Å². The molecule has 1 aromatic carbocycles. The molecule has 1 rings (SSSR count). The van der Waals surface area contributed by atoms with Crippen molar-refractivity contribution in [3.05, 3.63) is 35.6 Å². The zero-order valence-electron chi connectivity index (χ0n) is 9.50. The fourth-order valence-corrected chi connectivity index (χ4v) is 1.27. The molecule has 0 spiro atoms. The van der Waals surface area contributed by atoms with Gasteiger partial charge in [-0.3, -0.25) is 4.79 Å². The number of carbonyl (C=O) groups excluding carboxylic acids is 1. The molecule has 0 aliphatic heterocycles. The van der Waals surface area contributed by atoms with Crippen LogP contribution >= 0.6 is 0 Å². The maximum atomic E-state index is 12.8. The summed E-state index contributed by atoms with van der Waals surface area (Å²) in [6, 6.07) is 6.35. The van der Waals surface area contributed by atoms with Gasteiger partial charge in [0, 0.05) is 13.7 Å². The third-order valence-corrected chi connectivity index (χ3v) is 2.32. The number of halogens is 1. The van der Waals surface area contributed by atoms with E-state index in [-0.39, 0.29) is 11.7 Å². The minimum Gasteiger partial charge on any atom is -0.372 e. The van der Waals surface area contributed by atoms with Crippen molar-refractivity contribution in [1.82, 2.24) is 5.32 Å². The van der Waals surface area contributed by atoms with E-state index in [1.165, 1.54) is 19.2 Å². The first-order valence-corrected chi connectivity index (χ1v) is 5.18. The van der Waals surface area contributed by atoms with Gasteiger partial charge >= 0.3 is 0 Å². The number of rotatable bonds is 5. The molecule has 4 heteroatoms. The molecule has 1 amide bonds. The van der Waals surface area contributed by atoms with Gasteiger partial charge in [-0.25, -0.2) is 4.39 Å². The van der Waals surface area contributed by atoms with Crippen molar-refractivity contribution in [2.45, 2.75) is 19.4 Å². The number of benzene rings is 1. The summed E-state index contributed by atoms with van der Waals surface area (Å²) in [5, 5.41) is 2.71. The largest absolute Gasteiger partial charge is 0.372 e. The van der Waals surface area contributed by atoms with E-state index in [0.717, 1.165) is 5.56 Å². The Morgan fingerprint density at radius 2 is 2.31 bits per heavy atom. The highest BCUT2D eigenvalue weighted by Gasteiger charge is 2.09. The van der Waals surface area contributed by atoms with E-state index in [1.807, 2.05) is 6.07 Å². The van der Waals surface area contributed by atoms with Gasteiger partial charge in [0.1, 0.15) is 11.9 Å². The lowest BCUT2D eigenvalue weighted by Gasteiger charge is -2.10. The molecular weight excluding hydrogens is 209 g/mol. The second-order valence-corrected chi connectivity index (χ2v) is 3.55. The predicted octanol–water partition coefficient (Wildman–Crippen LogP) is 1.52. The average Bonchev–Trinajstić information content (AvgIpc) is 2.28. The van der Waals surface area contributed by atoms with Crippen molar-refractivity contribution in [1.29, 1.82) is 0 Å². The fraction of sp³-hybridized carbons (Fsp3) is 0.417. The van der Waals surface area contributed by atoms with E-state index in [4.69, 9.17) is 4.74 Å². The zero-order chi connectivity index (χ0) is 12.0. The normalized spacial score (nSPS) is 12.2. The summed E-state index contributed by atoms with van der Waals surface area (Å²) in [6.07, 6.45) is 0.160. The lowest BCUT2D eigenvalue weighted by molar-refractivity contribution is -0.129. The lowest BCUT2D eigenvalue weighted by Crippen LogP contribution is -2.35. The molecule has 1 atom stereocenters. The summed E-state index contributed by atoms with van der Waals surface area (Å²) >= 11 is 0. The standard InChI is InChI=1S/C12H16FNO2/c1-9(16-2)12(15)14-7-6-10-4-3-5-11(13)8-10/h3-5,8-9H,6-7H2,1-2H3,(H,14,15). The highest BCUT2D eigenvalue weighted by Crippen LogP contribution is 2.03. The van der Waals surface area contributed by atoms with Gasteiger partial charge in [-0.2, -0.15) is 0 Å². The zero-order valence-corrected chi connectivity index (χ0v) is 9.50. The monoisotopic (exact) mass is 225 g/mol. The van der Waals surface area contributed by atoms with E-state index < -0.39 is 6.10 Å². The molecule has 0 bridgehead atoms. The molecule has 1 aromatic rings. The third kappa shape index (κ3) is 3.98. The van der Waals surface area contributed by atoms with Crippen molar-refractivity contribution in [2.75, 3.05) is 13.7 Å². The molecule has 0 saturated carbocycles. The Morgan fingerprint density at radius 3 is 2.94 bits per heavy atom. The van der Waals surface area contributed by atoms with Gasteiger partial charge in [0.15, 0.2) is 0 Å². The van der Waals surface area contributed by atoms with E-state index in [1.54, 1.807) is 13.0 Å². The smallest absolute Gasteiger partial charge is 0.248 e.